The third-order valence-corrected chi connectivity index (χ3v) is 3.40. The number of nitrogens with two attached hydrogens (primary N) is 1. The van der Waals surface area contributed by atoms with Gasteiger partial charge in [0.15, 0.2) is 11.6 Å². The Morgan fingerprint density at radius 3 is 2.65 bits per heavy atom. The van der Waals surface area contributed by atoms with Crippen molar-refractivity contribution in [1.29, 1.82) is 0 Å². The molecule has 104 valence electrons. The Bertz CT molecular complexity index is 661. The minimum Gasteiger partial charge on any atom is -0.478 e. The van der Waals surface area contributed by atoms with Gasteiger partial charge in [0.2, 0.25) is 0 Å². The number of hydrogen-bond donors (Lipinski definition) is 2. The van der Waals surface area contributed by atoms with Crippen LogP contribution in [0.25, 0.3) is 0 Å². The van der Waals surface area contributed by atoms with Crippen LogP contribution in [0.1, 0.15) is 10.4 Å². The van der Waals surface area contributed by atoms with Crippen LogP contribution in [0.2, 0.25) is 0 Å². The standard InChI is InChI=1S/C14H12FNO3S/c1-20-13-5-3-2-4-11(13)19-12-6-8(14(17)18)10(16)7-9(12)15/h2-7H,16H2,1H3,(H,17,18). The van der Waals surface area contributed by atoms with Gasteiger partial charge in [-0.05, 0) is 18.4 Å². The highest BCUT2D eigenvalue weighted by Crippen LogP contribution is 2.34. The number of rotatable bonds is 4. The molecule has 4 nitrogen and oxygen atoms in total. The van der Waals surface area contributed by atoms with Gasteiger partial charge in [-0.1, -0.05) is 12.1 Å². The van der Waals surface area contributed by atoms with Crippen molar-refractivity contribution < 1.29 is 19.0 Å². The van der Waals surface area contributed by atoms with Crippen molar-refractivity contribution >= 4 is 23.4 Å². The van der Waals surface area contributed by atoms with Crippen LogP contribution in [0.5, 0.6) is 11.5 Å². The van der Waals surface area contributed by atoms with E-state index in [0.29, 0.717) is 5.75 Å². The van der Waals surface area contributed by atoms with Crippen molar-refractivity contribution in [2.75, 3.05) is 12.0 Å². The van der Waals surface area contributed by atoms with E-state index in [1.54, 1.807) is 12.1 Å². The quantitative estimate of drug-likeness (QED) is 0.665. The van der Waals surface area contributed by atoms with E-state index in [1.165, 1.54) is 11.8 Å². The molecule has 0 atom stereocenters. The first kappa shape index (κ1) is 14.2. The summed E-state index contributed by atoms with van der Waals surface area (Å²) in [7, 11) is 0. The molecule has 0 amide bonds. The number of anilines is 1. The van der Waals surface area contributed by atoms with Gasteiger partial charge in [-0.3, -0.25) is 0 Å². The first-order valence-corrected chi connectivity index (χ1v) is 6.88. The van der Waals surface area contributed by atoms with Gasteiger partial charge in [0.25, 0.3) is 0 Å². The minimum absolute atomic E-state index is 0.138. The second kappa shape index (κ2) is 5.83. The van der Waals surface area contributed by atoms with Crippen LogP contribution in [0.3, 0.4) is 0 Å². The lowest BCUT2D eigenvalue weighted by molar-refractivity contribution is 0.0697. The Morgan fingerprint density at radius 2 is 2.00 bits per heavy atom. The van der Waals surface area contributed by atoms with Gasteiger partial charge >= 0.3 is 5.97 Å². The number of aromatic carboxylic acids is 1. The highest BCUT2D eigenvalue weighted by Gasteiger charge is 2.15. The van der Waals surface area contributed by atoms with E-state index in [-0.39, 0.29) is 17.0 Å². The third kappa shape index (κ3) is 2.85. The molecule has 2 aromatic carbocycles. The molecule has 0 fully saturated rings. The first-order chi connectivity index (χ1) is 9.52. The van der Waals surface area contributed by atoms with Crippen molar-refractivity contribution in [3.05, 3.63) is 47.8 Å². The van der Waals surface area contributed by atoms with Crippen LogP contribution in [0, 0.1) is 5.82 Å². The Morgan fingerprint density at radius 1 is 1.30 bits per heavy atom. The van der Waals surface area contributed by atoms with Crippen molar-refractivity contribution in [1.82, 2.24) is 0 Å². The van der Waals surface area contributed by atoms with Gasteiger partial charge in [0, 0.05) is 22.7 Å². The molecule has 0 saturated heterocycles. The lowest BCUT2D eigenvalue weighted by Crippen LogP contribution is -2.04. The van der Waals surface area contributed by atoms with E-state index in [4.69, 9.17) is 15.6 Å². The van der Waals surface area contributed by atoms with E-state index in [0.717, 1.165) is 17.0 Å². The molecule has 0 bridgehead atoms. The number of halogens is 1. The second-order valence-electron chi connectivity index (χ2n) is 3.93. The summed E-state index contributed by atoms with van der Waals surface area (Å²) in [4.78, 5) is 11.8. The molecule has 0 aliphatic heterocycles. The number of carboxylic acid groups (broad SMARTS) is 1. The smallest absolute Gasteiger partial charge is 0.337 e. The molecule has 2 aromatic rings. The Balaban J connectivity index is 2.43. The number of thioether (sulfide) groups is 1. The molecule has 0 saturated carbocycles. The number of carboxylic acids is 1. The molecule has 20 heavy (non-hydrogen) atoms. The number of para-hydroxylation sites is 1. The molecule has 0 aromatic heterocycles. The summed E-state index contributed by atoms with van der Waals surface area (Å²) < 4.78 is 19.3. The molecule has 6 heteroatoms. The monoisotopic (exact) mass is 293 g/mol. The van der Waals surface area contributed by atoms with E-state index < -0.39 is 11.8 Å². The van der Waals surface area contributed by atoms with Crippen molar-refractivity contribution in [3.63, 3.8) is 0 Å². The van der Waals surface area contributed by atoms with Crippen molar-refractivity contribution in [2.24, 2.45) is 0 Å². The molecule has 0 heterocycles. The normalized spacial score (nSPS) is 10.3. The molecule has 0 aliphatic rings. The van der Waals surface area contributed by atoms with Crippen molar-refractivity contribution in [2.45, 2.75) is 4.90 Å². The van der Waals surface area contributed by atoms with Gasteiger partial charge in [-0.15, -0.1) is 11.8 Å². The summed E-state index contributed by atoms with van der Waals surface area (Å²) in [5.74, 6) is -1.65. The first-order valence-electron chi connectivity index (χ1n) is 5.66. The maximum atomic E-state index is 13.8. The van der Waals surface area contributed by atoms with E-state index in [2.05, 4.69) is 0 Å². The molecular weight excluding hydrogens is 281 g/mol. The number of benzene rings is 2. The average molecular weight is 293 g/mol. The van der Waals surface area contributed by atoms with Gasteiger partial charge in [-0.2, -0.15) is 0 Å². The molecular formula is C14H12FNO3S. The summed E-state index contributed by atoms with van der Waals surface area (Å²) in [6, 6.07) is 9.13. The van der Waals surface area contributed by atoms with Crippen LogP contribution in [-0.4, -0.2) is 17.3 Å². The topological polar surface area (TPSA) is 72.5 Å². The summed E-state index contributed by atoms with van der Waals surface area (Å²) >= 11 is 1.45. The predicted molar refractivity (Wildman–Crippen MR) is 76.1 cm³/mol. The number of hydrogen-bond acceptors (Lipinski definition) is 4. The molecule has 0 radical (unpaired) electrons. The number of ether oxygens (including phenoxy) is 1. The van der Waals surface area contributed by atoms with E-state index in [1.807, 2.05) is 18.4 Å². The highest BCUT2D eigenvalue weighted by atomic mass is 32.2. The van der Waals surface area contributed by atoms with Gasteiger partial charge < -0.3 is 15.6 Å². The minimum atomic E-state index is -1.23. The predicted octanol–water partition coefficient (Wildman–Crippen LogP) is 3.62. The van der Waals surface area contributed by atoms with Crippen LogP contribution >= 0.6 is 11.8 Å². The van der Waals surface area contributed by atoms with Crippen LogP contribution in [0.4, 0.5) is 10.1 Å². The van der Waals surface area contributed by atoms with E-state index in [9.17, 15) is 9.18 Å². The third-order valence-electron chi connectivity index (χ3n) is 2.62. The fraction of sp³-hybridized carbons (Fsp3) is 0.0714. The maximum Gasteiger partial charge on any atom is 0.337 e. The van der Waals surface area contributed by atoms with Gasteiger partial charge in [0.05, 0.1) is 5.56 Å². The summed E-state index contributed by atoms with van der Waals surface area (Å²) in [6.07, 6.45) is 1.87. The van der Waals surface area contributed by atoms with Crippen LogP contribution < -0.4 is 10.5 Å². The fourth-order valence-corrected chi connectivity index (χ4v) is 2.18. The van der Waals surface area contributed by atoms with Gasteiger partial charge in [-0.25, -0.2) is 9.18 Å². The van der Waals surface area contributed by atoms with E-state index >= 15 is 0 Å². The lowest BCUT2D eigenvalue weighted by Gasteiger charge is -2.11. The molecule has 0 spiro atoms. The van der Waals surface area contributed by atoms with Gasteiger partial charge in [0.1, 0.15) is 5.75 Å². The van der Waals surface area contributed by atoms with Crippen LogP contribution in [-0.2, 0) is 0 Å². The summed E-state index contributed by atoms with van der Waals surface area (Å²) in [6.45, 7) is 0. The van der Waals surface area contributed by atoms with Crippen molar-refractivity contribution in [3.8, 4) is 11.5 Å². The number of nitrogen functional groups attached to an aromatic ring is 1. The molecule has 2 rings (SSSR count). The molecule has 0 unspecified atom stereocenters. The highest BCUT2D eigenvalue weighted by molar-refractivity contribution is 7.98. The zero-order chi connectivity index (χ0) is 14.7. The SMILES string of the molecule is CSc1ccccc1Oc1cc(C(=O)O)c(N)cc1F. The Kier molecular flexibility index (Phi) is 4.14. The fourth-order valence-electron chi connectivity index (χ4n) is 1.65. The molecule has 3 N–H and O–H groups in total. The largest absolute Gasteiger partial charge is 0.478 e. The number of carbonyl (C=O) groups is 1. The zero-order valence-electron chi connectivity index (χ0n) is 10.6. The summed E-state index contributed by atoms with van der Waals surface area (Å²) in [5, 5.41) is 8.99. The average Bonchev–Trinajstić information content (AvgIpc) is 2.42. The Labute approximate surface area is 119 Å². The summed E-state index contributed by atoms with van der Waals surface area (Å²) in [5.41, 5.74) is 5.13. The molecule has 0 aliphatic carbocycles. The van der Waals surface area contributed by atoms with Crippen LogP contribution in [0.15, 0.2) is 41.3 Å². The Hall–Kier alpha value is -2.21. The lowest BCUT2D eigenvalue weighted by atomic mass is 10.1. The second-order valence-corrected chi connectivity index (χ2v) is 4.78. The maximum absolute atomic E-state index is 13.8. The zero-order valence-corrected chi connectivity index (χ0v) is 11.4.